The number of aromatic nitrogens is 2. The van der Waals surface area contributed by atoms with E-state index in [0.29, 0.717) is 0 Å². The average Bonchev–Trinajstić information content (AvgIpc) is 2.48. The van der Waals surface area contributed by atoms with E-state index >= 15 is 0 Å². The standard InChI is InChI=1S/C18H19N3/c1-12-9-10-14(11-13(12)2)17-19-16-8-6-5-7-15(16)18(20-17)21(3)4/h5-11H,1-4H3. The van der Waals surface area contributed by atoms with Gasteiger partial charge in [0.15, 0.2) is 5.82 Å². The first-order valence-corrected chi connectivity index (χ1v) is 7.08. The van der Waals surface area contributed by atoms with Gasteiger partial charge in [-0.05, 0) is 43.2 Å². The van der Waals surface area contributed by atoms with Crippen molar-refractivity contribution in [1.82, 2.24) is 9.97 Å². The van der Waals surface area contributed by atoms with Gasteiger partial charge in [-0.2, -0.15) is 0 Å². The number of benzene rings is 2. The van der Waals surface area contributed by atoms with Crippen LogP contribution >= 0.6 is 0 Å². The van der Waals surface area contributed by atoms with E-state index in [1.165, 1.54) is 11.1 Å². The number of aryl methyl sites for hydroxylation is 2. The van der Waals surface area contributed by atoms with Crippen molar-refractivity contribution < 1.29 is 0 Å². The van der Waals surface area contributed by atoms with Gasteiger partial charge in [0.25, 0.3) is 0 Å². The third-order valence-electron chi connectivity index (χ3n) is 3.77. The third kappa shape index (κ3) is 2.47. The topological polar surface area (TPSA) is 29.0 Å². The molecule has 0 radical (unpaired) electrons. The first-order valence-electron chi connectivity index (χ1n) is 7.08. The van der Waals surface area contributed by atoms with Gasteiger partial charge in [0.1, 0.15) is 5.82 Å². The van der Waals surface area contributed by atoms with Crippen LogP contribution in [0.1, 0.15) is 11.1 Å². The predicted octanol–water partition coefficient (Wildman–Crippen LogP) is 3.98. The van der Waals surface area contributed by atoms with Crippen molar-refractivity contribution in [3.05, 3.63) is 53.6 Å². The zero-order chi connectivity index (χ0) is 15.0. The zero-order valence-corrected chi connectivity index (χ0v) is 12.9. The van der Waals surface area contributed by atoms with Gasteiger partial charge in [0.2, 0.25) is 0 Å². The van der Waals surface area contributed by atoms with Crippen LogP contribution in [-0.4, -0.2) is 24.1 Å². The third-order valence-corrected chi connectivity index (χ3v) is 3.77. The number of para-hydroxylation sites is 1. The lowest BCUT2D eigenvalue weighted by Crippen LogP contribution is -2.12. The number of hydrogen-bond acceptors (Lipinski definition) is 3. The maximum Gasteiger partial charge on any atom is 0.162 e. The first kappa shape index (κ1) is 13.6. The predicted molar refractivity (Wildman–Crippen MR) is 88.8 cm³/mol. The van der Waals surface area contributed by atoms with Crippen molar-refractivity contribution in [1.29, 1.82) is 0 Å². The molecule has 0 amide bonds. The molecule has 0 saturated heterocycles. The molecule has 106 valence electrons. The normalized spacial score (nSPS) is 10.9. The highest BCUT2D eigenvalue weighted by Gasteiger charge is 2.11. The molecule has 2 aromatic carbocycles. The summed E-state index contributed by atoms with van der Waals surface area (Å²) in [5.41, 5.74) is 4.58. The number of nitrogens with zero attached hydrogens (tertiary/aromatic N) is 3. The number of hydrogen-bond donors (Lipinski definition) is 0. The van der Waals surface area contributed by atoms with Gasteiger partial charge in [-0.3, -0.25) is 0 Å². The summed E-state index contributed by atoms with van der Waals surface area (Å²) < 4.78 is 0. The summed E-state index contributed by atoms with van der Waals surface area (Å²) in [7, 11) is 4.03. The van der Waals surface area contributed by atoms with Gasteiger partial charge in [0, 0.05) is 25.0 Å². The fourth-order valence-corrected chi connectivity index (χ4v) is 2.41. The van der Waals surface area contributed by atoms with E-state index in [2.05, 4.69) is 38.1 Å². The molecule has 1 aromatic heterocycles. The molecule has 0 aliphatic carbocycles. The van der Waals surface area contributed by atoms with E-state index in [1.807, 2.05) is 37.2 Å². The number of fused-ring (bicyclic) bond motifs is 1. The average molecular weight is 277 g/mol. The van der Waals surface area contributed by atoms with Crippen LogP contribution in [0.3, 0.4) is 0 Å². The smallest absolute Gasteiger partial charge is 0.162 e. The Kier molecular flexibility index (Phi) is 3.34. The molecule has 0 aliphatic rings. The molecule has 3 rings (SSSR count). The van der Waals surface area contributed by atoms with Crippen molar-refractivity contribution in [2.24, 2.45) is 0 Å². The van der Waals surface area contributed by atoms with Gasteiger partial charge < -0.3 is 4.90 Å². The van der Waals surface area contributed by atoms with Gasteiger partial charge in [-0.1, -0.05) is 24.3 Å². The minimum absolute atomic E-state index is 0.778. The molecule has 0 unspecified atom stereocenters. The van der Waals surface area contributed by atoms with Gasteiger partial charge >= 0.3 is 0 Å². The van der Waals surface area contributed by atoms with Gasteiger partial charge in [-0.15, -0.1) is 0 Å². The Hall–Kier alpha value is -2.42. The summed E-state index contributed by atoms with van der Waals surface area (Å²) in [6, 6.07) is 14.5. The largest absolute Gasteiger partial charge is 0.362 e. The maximum atomic E-state index is 4.76. The van der Waals surface area contributed by atoms with Crippen LogP contribution in [0.5, 0.6) is 0 Å². The molecule has 21 heavy (non-hydrogen) atoms. The monoisotopic (exact) mass is 277 g/mol. The van der Waals surface area contributed by atoms with Crippen molar-refractivity contribution in [2.75, 3.05) is 19.0 Å². The van der Waals surface area contributed by atoms with Crippen LogP contribution in [0.4, 0.5) is 5.82 Å². The van der Waals surface area contributed by atoms with E-state index in [9.17, 15) is 0 Å². The Balaban J connectivity index is 2.25. The SMILES string of the molecule is Cc1ccc(-c2nc(N(C)C)c3ccccc3n2)cc1C. The van der Waals surface area contributed by atoms with Gasteiger partial charge in [0.05, 0.1) is 5.52 Å². The Morgan fingerprint density at radius 3 is 2.33 bits per heavy atom. The molecule has 0 saturated carbocycles. The second-order valence-electron chi connectivity index (χ2n) is 5.58. The van der Waals surface area contributed by atoms with Crippen LogP contribution < -0.4 is 4.90 Å². The van der Waals surface area contributed by atoms with E-state index in [1.54, 1.807) is 0 Å². The molecule has 3 heteroatoms. The molecular weight excluding hydrogens is 258 g/mol. The van der Waals surface area contributed by atoms with Crippen molar-refractivity contribution in [3.63, 3.8) is 0 Å². The minimum atomic E-state index is 0.778. The molecule has 0 spiro atoms. The van der Waals surface area contributed by atoms with Crippen molar-refractivity contribution >= 4 is 16.7 Å². The van der Waals surface area contributed by atoms with E-state index in [4.69, 9.17) is 9.97 Å². The first-order chi connectivity index (χ1) is 10.1. The molecule has 0 fully saturated rings. The van der Waals surface area contributed by atoms with E-state index in [-0.39, 0.29) is 0 Å². The Morgan fingerprint density at radius 2 is 1.62 bits per heavy atom. The lowest BCUT2D eigenvalue weighted by Gasteiger charge is -2.15. The fourth-order valence-electron chi connectivity index (χ4n) is 2.41. The molecule has 3 aromatic rings. The summed E-state index contributed by atoms with van der Waals surface area (Å²) in [6.45, 7) is 4.23. The molecule has 0 N–H and O–H groups in total. The molecule has 0 aliphatic heterocycles. The molecule has 0 bridgehead atoms. The Bertz CT molecular complexity index is 807. The van der Waals surface area contributed by atoms with Crippen LogP contribution in [0.25, 0.3) is 22.3 Å². The second kappa shape index (κ2) is 5.17. The highest BCUT2D eigenvalue weighted by molar-refractivity contribution is 5.90. The quantitative estimate of drug-likeness (QED) is 0.709. The summed E-state index contributed by atoms with van der Waals surface area (Å²) in [5, 5.41) is 1.08. The van der Waals surface area contributed by atoms with Crippen LogP contribution in [0, 0.1) is 13.8 Å². The summed E-state index contributed by atoms with van der Waals surface area (Å²) in [6.07, 6.45) is 0. The van der Waals surface area contributed by atoms with Crippen LogP contribution in [0.15, 0.2) is 42.5 Å². The highest BCUT2D eigenvalue weighted by atomic mass is 15.2. The minimum Gasteiger partial charge on any atom is -0.362 e. The van der Waals surface area contributed by atoms with Crippen LogP contribution in [-0.2, 0) is 0 Å². The zero-order valence-electron chi connectivity index (χ0n) is 12.9. The highest BCUT2D eigenvalue weighted by Crippen LogP contribution is 2.27. The molecule has 0 atom stereocenters. The molecule has 1 heterocycles. The number of anilines is 1. The second-order valence-corrected chi connectivity index (χ2v) is 5.58. The molecular formula is C18H19N3. The fraction of sp³-hybridized carbons (Fsp3) is 0.222. The van der Waals surface area contributed by atoms with Crippen molar-refractivity contribution in [3.8, 4) is 11.4 Å². The van der Waals surface area contributed by atoms with E-state index in [0.717, 1.165) is 28.1 Å². The summed E-state index contributed by atoms with van der Waals surface area (Å²) in [5.74, 6) is 1.73. The Morgan fingerprint density at radius 1 is 0.857 bits per heavy atom. The summed E-state index contributed by atoms with van der Waals surface area (Å²) in [4.78, 5) is 11.5. The molecule has 3 nitrogen and oxygen atoms in total. The van der Waals surface area contributed by atoms with Crippen LogP contribution in [0.2, 0.25) is 0 Å². The maximum absolute atomic E-state index is 4.76. The number of rotatable bonds is 2. The van der Waals surface area contributed by atoms with Crippen molar-refractivity contribution in [2.45, 2.75) is 13.8 Å². The lowest BCUT2D eigenvalue weighted by atomic mass is 10.1. The Labute approximate surface area is 125 Å². The summed E-state index contributed by atoms with van der Waals surface area (Å²) >= 11 is 0. The van der Waals surface area contributed by atoms with Gasteiger partial charge in [-0.25, -0.2) is 9.97 Å². The lowest BCUT2D eigenvalue weighted by molar-refractivity contribution is 1.06. The van der Waals surface area contributed by atoms with E-state index < -0.39 is 0 Å².